The highest BCUT2D eigenvalue weighted by molar-refractivity contribution is 6.30. The summed E-state index contributed by atoms with van der Waals surface area (Å²) < 4.78 is 1.92. The van der Waals surface area contributed by atoms with Crippen LogP contribution in [0.5, 0.6) is 0 Å². The van der Waals surface area contributed by atoms with E-state index in [4.69, 9.17) is 11.6 Å². The van der Waals surface area contributed by atoms with Crippen molar-refractivity contribution in [1.29, 1.82) is 0 Å². The first kappa shape index (κ1) is 16.1. The van der Waals surface area contributed by atoms with Crippen molar-refractivity contribution in [3.05, 3.63) is 83.4 Å². The van der Waals surface area contributed by atoms with Crippen LogP contribution in [0.25, 0.3) is 5.69 Å². The van der Waals surface area contributed by atoms with Gasteiger partial charge in [0.15, 0.2) is 0 Å². The number of nitrogens with one attached hydrogen (secondary N) is 2. The van der Waals surface area contributed by atoms with E-state index >= 15 is 0 Å². The van der Waals surface area contributed by atoms with Gasteiger partial charge in [0.25, 0.3) is 0 Å². The maximum absolute atomic E-state index is 12.0. The van der Waals surface area contributed by atoms with Gasteiger partial charge < -0.3 is 15.2 Å². The number of carbonyl (C=O) groups excluding carboxylic acids is 1. The van der Waals surface area contributed by atoms with Crippen molar-refractivity contribution in [2.75, 3.05) is 0 Å². The zero-order valence-electron chi connectivity index (χ0n) is 12.9. The number of rotatable bonds is 5. The highest BCUT2D eigenvalue weighted by Crippen LogP contribution is 2.13. The molecule has 3 aromatic rings. The van der Waals surface area contributed by atoms with Crippen molar-refractivity contribution in [2.45, 2.75) is 13.1 Å². The lowest BCUT2D eigenvalue weighted by atomic mass is 10.1. The van der Waals surface area contributed by atoms with Gasteiger partial charge in [0.05, 0.1) is 12.0 Å². The minimum Gasteiger partial charge on any atom is -0.334 e. The molecule has 0 aliphatic carbocycles. The molecule has 0 radical (unpaired) electrons. The van der Waals surface area contributed by atoms with E-state index in [1.54, 1.807) is 24.7 Å². The Morgan fingerprint density at radius 3 is 2.54 bits per heavy atom. The molecule has 0 unspecified atom stereocenters. The van der Waals surface area contributed by atoms with Crippen LogP contribution in [0.1, 0.15) is 11.1 Å². The summed E-state index contributed by atoms with van der Waals surface area (Å²) >= 11 is 5.84. The van der Waals surface area contributed by atoms with Crippen molar-refractivity contribution in [3.63, 3.8) is 0 Å². The number of nitrogens with zero attached hydrogens (tertiary/aromatic N) is 2. The van der Waals surface area contributed by atoms with E-state index in [9.17, 15) is 4.79 Å². The molecule has 24 heavy (non-hydrogen) atoms. The molecule has 0 fully saturated rings. The van der Waals surface area contributed by atoms with E-state index < -0.39 is 0 Å². The quantitative estimate of drug-likeness (QED) is 0.746. The van der Waals surface area contributed by atoms with Gasteiger partial charge in [0, 0.05) is 30.5 Å². The Balaban J connectivity index is 1.56. The first-order chi connectivity index (χ1) is 11.7. The van der Waals surface area contributed by atoms with Gasteiger partial charge in [-0.3, -0.25) is 0 Å². The standard InChI is InChI=1S/C18H17ClN4O/c19-16-7-5-14(6-8-16)11-21-18(24)22-12-15-3-1-2-4-17(15)23-10-9-20-13-23/h1-10,13H,11-12H2,(H2,21,22,24). The summed E-state index contributed by atoms with van der Waals surface area (Å²) in [5.74, 6) is 0. The third kappa shape index (κ3) is 4.14. The highest BCUT2D eigenvalue weighted by Gasteiger charge is 2.06. The molecule has 2 aromatic carbocycles. The molecule has 3 rings (SSSR count). The number of para-hydroxylation sites is 1. The van der Waals surface area contributed by atoms with Gasteiger partial charge in [-0.15, -0.1) is 0 Å². The van der Waals surface area contributed by atoms with Gasteiger partial charge in [-0.25, -0.2) is 9.78 Å². The molecular weight excluding hydrogens is 324 g/mol. The molecule has 1 aromatic heterocycles. The summed E-state index contributed by atoms with van der Waals surface area (Å²) in [6.07, 6.45) is 5.34. The third-order valence-electron chi connectivity index (χ3n) is 3.58. The predicted octanol–water partition coefficient (Wildman–Crippen LogP) is 3.53. The largest absolute Gasteiger partial charge is 0.334 e. The maximum Gasteiger partial charge on any atom is 0.315 e. The minimum absolute atomic E-state index is 0.217. The second-order valence-corrected chi connectivity index (χ2v) is 5.70. The lowest BCUT2D eigenvalue weighted by Gasteiger charge is -2.12. The Hall–Kier alpha value is -2.79. The maximum atomic E-state index is 12.0. The fourth-order valence-corrected chi connectivity index (χ4v) is 2.46. The molecule has 0 bridgehead atoms. The van der Waals surface area contributed by atoms with Crippen LogP contribution >= 0.6 is 11.6 Å². The average Bonchev–Trinajstić information content (AvgIpc) is 3.14. The zero-order chi connectivity index (χ0) is 16.8. The molecular formula is C18H17ClN4O. The number of benzene rings is 2. The fraction of sp³-hybridized carbons (Fsp3) is 0.111. The lowest BCUT2D eigenvalue weighted by Crippen LogP contribution is -2.34. The number of carbonyl (C=O) groups is 1. The Morgan fingerprint density at radius 2 is 1.79 bits per heavy atom. The van der Waals surface area contributed by atoms with Crippen LogP contribution in [0.2, 0.25) is 5.02 Å². The molecule has 0 saturated heterocycles. The van der Waals surface area contributed by atoms with Gasteiger partial charge in [-0.1, -0.05) is 41.9 Å². The minimum atomic E-state index is -0.217. The summed E-state index contributed by atoms with van der Waals surface area (Å²) in [4.78, 5) is 16.0. The van der Waals surface area contributed by atoms with Crippen molar-refractivity contribution in [2.24, 2.45) is 0 Å². The van der Waals surface area contributed by atoms with Crippen LogP contribution in [0.4, 0.5) is 4.79 Å². The van der Waals surface area contributed by atoms with Gasteiger partial charge in [-0.05, 0) is 29.3 Å². The number of hydrogen-bond acceptors (Lipinski definition) is 2. The van der Waals surface area contributed by atoms with E-state index in [-0.39, 0.29) is 6.03 Å². The van der Waals surface area contributed by atoms with Crippen LogP contribution in [-0.2, 0) is 13.1 Å². The van der Waals surface area contributed by atoms with E-state index in [0.29, 0.717) is 18.1 Å². The number of urea groups is 1. The van der Waals surface area contributed by atoms with Gasteiger partial charge >= 0.3 is 6.03 Å². The van der Waals surface area contributed by atoms with E-state index in [2.05, 4.69) is 15.6 Å². The Kier molecular flexibility index (Phi) is 5.13. The summed E-state index contributed by atoms with van der Waals surface area (Å²) in [7, 11) is 0. The van der Waals surface area contributed by atoms with Crippen molar-refractivity contribution < 1.29 is 4.79 Å². The molecule has 0 atom stereocenters. The van der Waals surface area contributed by atoms with Gasteiger partial charge in [0.1, 0.15) is 0 Å². The number of imidazole rings is 1. The molecule has 5 nitrogen and oxygen atoms in total. The van der Waals surface area contributed by atoms with Gasteiger partial charge in [-0.2, -0.15) is 0 Å². The van der Waals surface area contributed by atoms with Crippen molar-refractivity contribution in [3.8, 4) is 5.69 Å². The Labute approximate surface area is 145 Å². The predicted molar refractivity (Wildman–Crippen MR) is 94.1 cm³/mol. The Bertz CT molecular complexity index is 800. The SMILES string of the molecule is O=C(NCc1ccc(Cl)cc1)NCc1ccccc1-n1ccnc1. The number of amides is 2. The summed E-state index contributed by atoms with van der Waals surface area (Å²) in [6.45, 7) is 0.882. The highest BCUT2D eigenvalue weighted by atomic mass is 35.5. The molecule has 0 spiro atoms. The number of hydrogen-bond donors (Lipinski definition) is 2. The normalized spacial score (nSPS) is 10.4. The molecule has 1 heterocycles. The van der Waals surface area contributed by atoms with E-state index in [0.717, 1.165) is 16.8 Å². The first-order valence-electron chi connectivity index (χ1n) is 7.55. The second-order valence-electron chi connectivity index (χ2n) is 5.26. The number of aromatic nitrogens is 2. The lowest BCUT2D eigenvalue weighted by molar-refractivity contribution is 0.240. The molecule has 2 amide bonds. The molecule has 2 N–H and O–H groups in total. The van der Waals surface area contributed by atoms with E-state index in [1.807, 2.05) is 47.2 Å². The summed E-state index contributed by atoms with van der Waals surface area (Å²) in [5.41, 5.74) is 3.00. The number of halogens is 1. The molecule has 0 aliphatic rings. The smallest absolute Gasteiger partial charge is 0.315 e. The Morgan fingerprint density at radius 1 is 1.04 bits per heavy atom. The second kappa shape index (κ2) is 7.66. The van der Waals surface area contributed by atoms with Crippen LogP contribution < -0.4 is 10.6 Å². The average molecular weight is 341 g/mol. The topological polar surface area (TPSA) is 59.0 Å². The van der Waals surface area contributed by atoms with Crippen LogP contribution in [0, 0.1) is 0 Å². The summed E-state index contributed by atoms with van der Waals surface area (Å²) in [5, 5.41) is 6.38. The van der Waals surface area contributed by atoms with Crippen molar-refractivity contribution >= 4 is 17.6 Å². The van der Waals surface area contributed by atoms with Crippen molar-refractivity contribution in [1.82, 2.24) is 20.2 Å². The third-order valence-corrected chi connectivity index (χ3v) is 3.83. The zero-order valence-corrected chi connectivity index (χ0v) is 13.7. The van der Waals surface area contributed by atoms with E-state index in [1.165, 1.54) is 0 Å². The summed E-state index contributed by atoms with van der Waals surface area (Å²) in [6, 6.07) is 15.0. The first-order valence-corrected chi connectivity index (χ1v) is 7.92. The van der Waals surface area contributed by atoms with Crippen LogP contribution in [0.3, 0.4) is 0 Å². The monoisotopic (exact) mass is 340 g/mol. The van der Waals surface area contributed by atoms with Gasteiger partial charge in [0.2, 0.25) is 0 Å². The molecule has 122 valence electrons. The van der Waals surface area contributed by atoms with Crippen LogP contribution in [0.15, 0.2) is 67.3 Å². The molecule has 0 aliphatic heterocycles. The fourth-order valence-electron chi connectivity index (χ4n) is 2.34. The van der Waals surface area contributed by atoms with Crippen LogP contribution in [-0.4, -0.2) is 15.6 Å². The molecule has 0 saturated carbocycles. The molecule has 6 heteroatoms.